The first-order valence-corrected chi connectivity index (χ1v) is 12.8. The number of hydrogen-bond donors (Lipinski definition) is 2. The second kappa shape index (κ2) is 7.73. The Balaban J connectivity index is 1.49. The highest BCUT2D eigenvalue weighted by molar-refractivity contribution is 5.26. The van der Waals surface area contributed by atoms with Crippen LogP contribution in [0.2, 0.25) is 0 Å². The van der Waals surface area contributed by atoms with Gasteiger partial charge in [-0.25, -0.2) is 0 Å². The van der Waals surface area contributed by atoms with Gasteiger partial charge in [0.1, 0.15) is 0 Å². The summed E-state index contributed by atoms with van der Waals surface area (Å²) in [5.74, 6) is 2.57. The van der Waals surface area contributed by atoms with Gasteiger partial charge in [0, 0.05) is 0 Å². The van der Waals surface area contributed by atoms with Crippen LogP contribution in [-0.2, 0) is 0 Å². The van der Waals surface area contributed by atoms with Crippen LogP contribution in [0.1, 0.15) is 98.8 Å². The molecule has 2 N–H and O–H groups in total. The molecule has 5 heteroatoms. The number of aliphatic hydroxyl groups is 2. The zero-order chi connectivity index (χ0) is 23.7. The van der Waals surface area contributed by atoms with Gasteiger partial charge in [0.05, 0.1) is 5.60 Å². The number of halogens is 3. The van der Waals surface area contributed by atoms with Gasteiger partial charge in [0.25, 0.3) is 0 Å². The lowest BCUT2D eigenvalue weighted by Gasteiger charge is -2.59. The largest absolute Gasteiger partial charge is 0.416 e. The van der Waals surface area contributed by atoms with Gasteiger partial charge in [-0.05, 0) is 118 Å². The standard InChI is InChI=1S/C27H43F3O2/c1-17(10-13-26(5,32)27(28,29)30)20-8-9-21-19-7-6-18-16-23(2,31)14-15-24(18,3)22(19)11-12-25(20,21)4/h6,17,19-22,31-32H,7-16H2,1-5H3/t17-,19+,20?,21+,22+,23+,24+,25-,26?/m1/s1. The Hall–Kier alpha value is -0.550. The molecule has 3 saturated carbocycles. The maximum Gasteiger partial charge on any atom is 0.416 e. The summed E-state index contributed by atoms with van der Waals surface area (Å²) in [4.78, 5) is 0. The molecule has 184 valence electrons. The quantitative estimate of drug-likeness (QED) is 0.445. The lowest BCUT2D eigenvalue weighted by atomic mass is 9.46. The molecule has 0 aromatic rings. The number of rotatable bonds is 4. The summed E-state index contributed by atoms with van der Waals surface area (Å²) in [6, 6.07) is 0. The predicted octanol–water partition coefficient (Wildman–Crippen LogP) is 7.05. The second-order valence-corrected chi connectivity index (χ2v) is 12.9. The third kappa shape index (κ3) is 3.87. The van der Waals surface area contributed by atoms with Gasteiger partial charge in [-0.15, -0.1) is 0 Å². The van der Waals surface area contributed by atoms with Crippen LogP contribution in [0.25, 0.3) is 0 Å². The molecule has 0 amide bonds. The molecule has 0 bridgehead atoms. The Bertz CT molecular complexity index is 754. The van der Waals surface area contributed by atoms with E-state index < -0.39 is 17.4 Å². The van der Waals surface area contributed by atoms with E-state index in [-0.39, 0.29) is 23.2 Å². The van der Waals surface area contributed by atoms with E-state index >= 15 is 0 Å². The van der Waals surface area contributed by atoms with E-state index in [4.69, 9.17) is 0 Å². The molecule has 3 fully saturated rings. The van der Waals surface area contributed by atoms with Gasteiger partial charge in [-0.3, -0.25) is 0 Å². The fraction of sp³-hybridized carbons (Fsp3) is 0.926. The molecule has 0 aromatic carbocycles. The van der Waals surface area contributed by atoms with Crippen LogP contribution in [0.15, 0.2) is 11.6 Å². The molecule has 2 nitrogen and oxygen atoms in total. The lowest BCUT2D eigenvalue weighted by molar-refractivity contribution is -0.256. The van der Waals surface area contributed by atoms with Gasteiger partial charge in [-0.1, -0.05) is 32.4 Å². The van der Waals surface area contributed by atoms with Gasteiger partial charge in [-0.2, -0.15) is 13.2 Å². The van der Waals surface area contributed by atoms with Gasteiger partial charge >= 0.3 is 6.18 Å². The van der Waals surface area contributed by atoms with Crippen molar-refractivity contribution in [3.05, 3.63) is 11.6 Å². The van der Waals surface area contributed by atoms with Crippen molar-refractivity contribution in [1.29, 1.82) is 0 Å². The molecule has 0 radical (unpaired) electrons. The van der Waals surface area contributed by atoms with E-state index in [0.29, 0.717) is 30.1 Å². The maximum absolute atomic E-state index is 13.1. The van der Waals surface area contributed by atoms with Crippen LogP contribution in [0.5, 0.6) is 0 Å². The molecule has 0 aliphatic heterocycles. The second-order valence-electron chi connectivity index (χ2n) is 12.9. The molecule has 0 saturated heterocycles. The zero-order valence-electron chi connectivity index (χ0n) is 20.6. The Morgan fingerprint density at radius 2 is 1.75 bits per heavy atom. The van der Waals surface area contributed by atoms with Crippen LogP contribution in [0, 0.1) is 40.4 Å². The first-order chi connectivity index (χ1) is 14.6. The topological polar surface area (TPSA) is 40.5 Å². The molecule has 0 heterocycles. The molecule has 4 aliphatic rings. The molecule has 0 aromatic heterocycles. The smallest absolute Gasteiger partial charge is 0.390 e. The highest BCUT2D eigenvalue weighted by Crippen LogP contribution is 2.67. The van der Waals surface area contributed by atoms with Crippen molar-refractivity contribution in [3.8, 4) is 0 Å². The number of allylic oxidation sites excluding steroid dienone is 1. The maximum atomic E-state index is 13.1. The summed E-state index contributed by atoms with van der Waals surface area (Å²) >= 11 is 0. The minimum Gasteiger partial charge on any atom is -0.390 e. The number of fused-ring (bicyclic) bond motifs is 5. The number of hydrogen-bond acceptors (Lipinski definition) is 2. The molecule has 4 aliphatic carbocycles. The Morgan fingerprint density at radius 3 is 2.41 bits per heavy atom. The monoisotopic (exact) mass is 456 g/mol. The van der Waals surface area contributed by atoms with Crippen LogP contribution in [-0.4, -0.2) is 27.6 Å². The van der Waals surface area contributed by atoms with Crippen molar-refractivity contribution in [1.82, 2.24) is 0 Å². The molecule has 4 rings (SSSR count). The van der Waals surface area contributed by atoms with E-state index in [1.807, 2.05) is 6.92 Å². The van der Waals surface area contributed by atoms with E-state index in [0.717, 1.165) is 45.4 Å². The highest BCUT2D eigenvalue weighted by Gasteiger charge is 2.60. The van der Waals surface area contributed by atoms with Crippen molar-refractivity contribution in [2.24, 2.45) is 40.4 Å². The minimum atomic E-state index is -4.57. The average molecular weight is 457 g/mol. The van der Waals surface area contributed by atoms with E-state index in [2.05, 4.69) is 26.8 Å². The summed E-state index contributed by atoms with van der Waals surface area (Å²) < 4.78 is 39.4. The SMILES string of the molecule is C[C@H](CCC(C)(O)C(F)(F)F)C1CC[C@H]2[C@@H]3CC=C4C[C@@](C)(O)CC[C@]4(C)[C@H]3CC[C@]12C. The fourth-order valence-electron chi connectivity index (χ4n) is 8.63. The molecule has 32 heavy (non-hydrogen) atoms. The van der Waals surface area contributed by atoms with Crippen molar-refractivity contribution in [2.75, 3.05) is 0 Å². The molecular weight excluding hydrogens is 413 g/mol. The normalized spacial score (nSPS) is 47.0. The van der Waals surface area contributed by atoms with Crippen LogP contribution in [0.4, 0.5) is 13.2 Å². The summed E-state index contributed by atoms with van der Waals surface area (Å²) in [6.07, 6.45) is 6.52. The summed E-state index contributed by atoms with van der Waals surface area (Å²) in [7, 11) is 0. The van der Waals surface area contributed by atoms with Crippen LogP contribution in [0.3, 0.4) is 0 Å². The van der Waals surface area contributed by atoms with Crippen LogP contribution >= 0.6 is 0 Å². The van der Waals surface area contributed by atoms with E-state index in [9.17, 15) is 23.4 Å². The molecule has 9 atom stereocenters. The third-order valence-corrected chi connectivity index (χ3v) is 10.8. The predicted molar refractivity (Wildman–Crippen MR) is 121 cm³/mol. The van der Waals surface area contributed by atoms with Gasteiger partial charge in [0.15, 0.2) is 5.60 Å². The zero-order valence-corrected chi connectivity index (χ0v) is 20.6. The Kier molecular flexibility index (Phi) is 5.94. The lowest BCUT2D eigenvalue weighted by Crippen LogP contribution is -2.52. The van der Waals surface area contributed by atoms with Gasteiger partial charge < -0.3 is 10.2 Å². The fourth-order valence-corrected chi connectivity index (χ4v) is 8.63. The Labute approximate surface area is 192 Å². The first-order valence-electron chi connectivity index (χ1n) is 12.8. The van der Waals surface area contributed by atoms with Crippen molar-refractivity contribution in [2.45, 2.75) is 116 Å². The average Bonchev–Trinajstić information content (AvgIpc) is 3.03. The van der Waals surface area contributed by atoms with Crippen molar-refractivity contribution < 1.29 is 23.4 Å². The number of alkyl halides is 3. The van der Waals surface area contributed by atoms with Gasteiger partial charge in [0.2, 0.25) is 0 Å². The molecular formula is C27H43F3O2. The van der Waals surface area contributed by atoms with Crippen LogP contribution < -0.4 is 0 Å². The third-order valence-electron chi connectivity index (χ3n) is 10.8. The van der Waals surface area contributed by atoms with Crippen molar-refractivity contribution >= 4 is 0 Å². The summed E-state index contributed by atoms with van der Waals surface area (Å²) in [5, 5.41) is 20.6. The highest BCUT2D eigenvalue weighted by atomic mass is 19.4. The first kappa shape index (κ1) is 24.6. The Morgan fingerprint density at radius 1 is 1.06 bits per heavy atom. The summed E-state index contributed by atoms with van der Waals surface area (Å²) in [5.41, 5.74) is -1.32. The van der Waals surface area contributed by atoms with E-state index in [1.54, 1.807) is 0 Å². The van der Waals surface area contributed by atoms with E-state index in [1.165, 1.54) is 18.4 Å². The van der Waals surface area contributed by atoms with Crippen molar-refractivity contribution in [3.63, 3.8) is 0 Å². The molecule has 0 spiro atoms. The summed E-state index contributed by atoms with van der Waals surface area (Å²) in [6.45, 7) is 9.84. The minimum absolute atomic E-state index is 0.186. The molecule has 2 unspecified atom stereocenters.